The molecule has 2 aliphatic rings. The molecule has 0 aromatic heterocycles. The van der Waals surface area contributed by atoms with Crippen LogP contribution < -0.4 is 0 Å². The molecule has 2 aromatic carbocycles. The highest BCUT2D eigenvalue weighted by Crippen LogP contribution is 2.32. The van der Waals surface area contributed by atoms with Gasteiger partial charge in [0.2, 0.25) is 0 Å². The summed E-state index contributed by atoms with van der Waals surface area (Å²) in [5.41, 5.74) is 2.26. The predicted octanol–water partition coefficient (Wildman–Crippen LogP) is 3.71. The van der Waals surface area contributed by atoms with Crippen LogP contribution in [0.15, 0.2) is 60.7 Å². The van der Waals surface area contributed by atoms with Crippen molar-refractivity contribution >= 4 is 0 Å². The van der Waals surface area contributed by atoms with Gasteiger partial charge in [0.25, 0.3) is 0 Å². The summed E-state index contributed by atoms with van der Waals surface area (Å²) in [4.78, 5) is 0. The molecule has 4 rings (SSSR count). The molecule has 0 N–H and O–H groups in total. The predicted molar refractivity (Wildman–Crippen MR) is 105 cm³/mol. The molecule has 4 atom stereocenters. The van der Waals surface area contributed by atoms with Crippen LogP contribution in [-0.2, 0) is 36.9 Å². The Labute approximate surface area is 166 Å². The average molecular weight is 384 g/mol. The summed E-state index contributed by atoms with van der Waals surface area (Å²) in [6, 6.07) is 20.3. The van der Waals surface area contributed by atoms with Gasteiger partial charge in [-0.1, -0.05) is 60.7 Å². The Balaban J connectivity index is 1.43. The molecule has 2 fully saturated rings. The normalized spacial score (nSPS) is 29.2. The first-order valence-corrected chi connectivity index (χ1v) is 9.85. The third-order valence-corrected chi connectivity index (χ3v) is 5.13. The molecule has 2 saturated heterocycles. The SMILES string of the molecule is CC1(C)OC[C@H]([C@H]2OC[C@@H](OCc3ccccc3)[C@H]2OCc2ccccc2)O1. The van der Waals surface area contributed by atoms with Crippen molar-refractivity contribution in [3.05, 3.63) is 71.8 Å². The molecule has 2 aromatic rings. The lowest BCUT2D eigenvalue weighted by Gasteiger charge is -2.27. The second kappa shape index (κ2) is 8.72. The third kappa shape index (κ3) is 4.80. The van der Waals surface area contributed by atoms with Crippen LogP contribution in [-0.4, -0.2) is 43.4 Å². The van der Waals surface area contributed by atoms with E-state index in [0.717, 1.165) is 11.1 Å². The van der Waals surface area contributed by atoms with Crippen molar-refractivity contribution < 1.29 is 23.7 Å². The van der Waals surface area contributed by atoms with Crippen LogP contribution in [0.3, 0.4) is 0 Å². The summed E-state index contributed by atoms with van der Waals surface area (Å²) >= 11 is 0. The maximum atomic E-state index is 6.30. The highest BCUT2D eigenvalue weighted by Gasteiger charge is 2.48. The van der Waals surface area contributed by atoms with Crippen LogP contribution in [0.4, 0.5) is 0 Å². The Morgan fingerprint density at radius 2 is 1.46 bits per heavy atom. The molecule has 0 spiro atoms. The summed E-state index contributed by atoms with van der Waals surface area (Å²) in [7, 11) is 0. The van der Waals surface area contributed by atoms with Crippen molar-refractivity contribution in [1.29, 1.82) is 0 Å². The fraction of sp³-hybridized carbons (Fsp3) is 0.478. The van der Waals surface area contributed by atoms with Crippen molar-refractivity contribution in [2.45, 2.75) is 57.3 Å². The summed E-state index contributed by atoms with van der Waals surface area (Å²) in [5, 5.41) is 0. The van der Waals surface area contributed by atoms with E-state index >= 15 is 0 Å². The second-order valence-corrected chi connectivity index (χ2v) is 7.76. The van der Waals surface area contributed by atoms with Crippen molar-refractivity contribution in [3.63, 3.8) is 0 Å². The highest BCUT2D eigenvalue weighted by atomic mass is 16.8. The van der Waals surface area contributed by atoms with Gasteiger partial charge in [0.1, 0.15) is 24.4 Å². The second-order valence-electron chi connectivity index (χ2n) is 7.76. The van der Waals surface area contributed by atoms with Gasteiger partial charge >= 0.3 is 0 Å². The summed E-state index contributed by atoms with van der Waals surface area (Å²) < 4.78 is 30.3. The van der Waals surface area contributed by atoms with Crippen molar-refractivity contribution in [1.82, 2.24) is 0 Å². The maximum Gasteiger partial charge on any atom is 0.163 e. The third-order valence-electron chi connectivity index (χ3n) is 5.13. The lowest BCUT2D eigenvalue weighted by atomic mass is 10.1. The molecule has 0 radical (unpaired) electrons. The van der Waals surface area contributed by atoms with Crippen LogP contribution in [0.25, 0.3) is 0 Å². The van der Waals surface area contributed by atoms with Crippen molar-refractivity contribution in [2.24, 2.45) is 0 Å². The Bertz CT molecular complexity index is 733. The van der Waals surface area contributed by atoms with Gasteiger partial charge in [-0.2, -0.15) is 0 Å². The Kier molecular flexibility index (Phi) is 6.09. The molecule has 0 unspecified atom stereocenters. The number of ether oxygens (including phenoxy) is 5. The molecule has 0 amide bonds. The lowest BCUT2D eigenvalue weighted by Crippen LogP contribution is -2.43. The molecule has 2 aliphatic heterocycles. The van der Waals surface area contributed by atoms with Crippen LogP contribution in [0.2, 0.25) is 0 Å². The number of benzene rings is 2. The van der Waals surface area contributed by atoms with E-state index in [-0.39, 0.29) is 24.4 Å². The molecule has 5 nitrogen and oxygen atoms in total. The van der Waals surface area contributed by atoms with Gasteiger partial charge in [0.15, 0.2) is 5.79 Å². The first kappa shape index (κ1) is 19.6. The fourth-order valence-corrected chi connectivity index (χ4v) is 3.69. The zero-order valence-electron chi connectivity index (χ0n) is 16.5. The molecular formula is C23H28O5. The molecule has 5 heteroatoms. The topological polar surface area (TPSA) is 46.2 Å². The van der Waals surface area contributed by atoms with Crippen LogP contribution in [0.1, 0.15) is 25.0 Å². The van der Waals surface area contributed by atoms with Gasteiger partial charge in [-0.25, -0.2) is 0 Å². The van der Waals surface area contributed by atoms with Crippen LogP contribution in [0, 0.1) is 0 Å². The van der Waals surface area contributed by atoms with Crippen molar-refractivity contribution in [3.8, 4) is 0 Å². The Morgan fingerprint density at radius 1 is 0.857 bits per heavy atom. The zero-order valence-corrected chi connectivity index (χ0v) is 16.5. The van der Waals surface area contributed by atoms with Gasteiger partial charge < -0.3 is 23.7 Å². The summed E-state index contributed by atoms with van der Waals surface area (Å²) in [6.45, 7) is 5.86. The van der Waals surface area contributed by atoms with Gasteiger partial charge in [-0.3, -0.25) is 0 Å². The Hall–Kier alpha value is -1.76. The number of hydrogen-bond donors (Lipinski definition) is 0. The van der Waals surface area contributed by atoms with Crippen LogP contribution in [0.5, 0.6) is 0 Å². The van der Waals surface area contributed by atoms with E-state index < -0.39 is 5.79 Å². The minimum Gasteiger partial charge on any atom is -0.370 e. The van der Waals surface area contributed by atoms with Crippen LogP contribution >= 0.6 is 0 Å². The van der Waals surface area contributed by atoms with Gasteiger partial charge in [0, 0.05) is 0 Å². The van der Waals surface area contributed by atoms with E-state index in [1.807, 2.05) is 50.2 Å². The standard InChI is InChI=1S/C23H28O5/c1-23(2)27-16-20(28-23)22-21(25-14-18-11-7-4-8-12-18)19(15-26-22)24-13-17-9-5-3-6-10-17/h3-12,19-22H,13-16H2,1-2H3/t19-,20-,21-,22-/m1/s1. The van der Waals surface area contributed by atoms with E-state index in [2.05, 4.69) is 24.3 Å². The van der Waals surface area contributed by atoms with E-state index in [0.29, 0.717) is 26.4 Å². The highest BCUT2D eigenvalue weighted by molar-refractivity contribution is 5.14. The first-order chi connectivity index (χ1) is 13.6. The largest absolute Gasteiger partial charge is 0.370 e. The number of hydrogen-bond acceptors (Lipinski definition) is 5. The monoisotopic (exact) mass is 384 g/mol. The summed E-state index contributed by atoms with van der Waals surface area (Å²) in [5.74, 6) is -0.596. The molecule has 0 saturated carbocycles. The quantitative estimate of drug-likeness (QED) is 0.728. The fourth-order valence-electron chi connectivity index (χ4n) is 3.69. The molecule has 0 bridgehead atoms. The number of rotatable bonds is 7. The lowest BCUT2D eigenvalue weighted by molar-refractivity contribution is -0.164. The molecule has 28 heavy (non-hydrogen) atoms. The molecular weight excluding hydrogens is 356 g/mol. The van der Waals surface area contributed by atoms with Crippen molar-refractivity contribution in [2.75, 3.05) is 13.2 Å². The van der Waals surface area contributed by atoms with E-state index in [9.17, 15) is 0 Å². The van der Waals surface area contributed by atoms with Gasteiger partial charge in [0.05, 0.1) is 26.4 Å². The minimum atomic E-state index is -0.596. The Morgan fingerprint density at radius 3 is 2.04 bits per heavy atom. The average Bonchev–Trinajstić information content (AvgIpc) is 3.28. The summed E-state index contributed by atoms with van der Waals surface area (Å²) in [6.07, 6.45) is -0.750. The van der Waals surface area contributed by atoms with E-state index in [1.54, 1.807) is 0 Å². The molecule has 2 heterocycles. The maximum absolute atomic E-state index is 6.30. The first-order valence-electron chi connectivity index (χ1n) is 9.85. The van der Waals surface area contributed by atoms with E-state index in [4.69, 9.17) is 23.7 Å². The zero-order chi connectivity index (χ0) is 19.4. The van der Waals surface area contributed by atoms with Gasteiger partial charge in [-0.05, 0) is 25.0 Å². The smallest absolute Gasteiger partial charge is 0.163 e. The van der Waals surface area contributed by atoms with Gasteiger partial charge in [-0.15, -0.1) is 0 Å². The van der Waals surface area contributed by atoms with E-state index in [1.165, 1.54) is 0 Å². The minimum absolute atomic E-state index is 0.152. The molecule has 150 valence electrons. The molecule has 0 aliphatic carbocycles.